The van der Waals surface area contributed by atoms with Gasteiger partial charge in [-0.2, -0.15) is 5.10 Å². The summed E-state index contributed by atoms with van der Waals surface area (Å²) >= 11 is 0. The van der Waals surface area contributed by atoms with Crippen molar-refractivity contribution in [3.63, 3.8) is 0 Å². The van der Waals surface area contributed by atoms with Crippen molar-refractivity contribution in [3.05, 3.63) is 35.1 Å². The molecule has 4 nitrogen and oxygen atoms in total. The van der Waals surface area contributed by atoms with Gasteiger partial charge in [0.25, 0.3) is 0 Å². The topological polar surface area (TPSA) is 60.9 Å². The number of aldehydes is 1. The first-order valence-corrected chi connectivity index (χ1v) is 5.08. The van der Waals surface area contributed by atoms with Crippen LogP contribution in [0.25, 0.3) is 11.3 Å². The second-order valence-corrected chi connectivity index (χ2v) is 3.88. The number of carbonyl (C=O) groups excluding carboxylic acids is 1. The average Bonchev–Trinajstić information content (AvgIpc) is 2.62. The van der Waals surface area contributed by atoms with E-state index in [-0.39, 0.29) is 5.82 Å². The molecule has 2 rings (SSSR count). The molecule has 0 aliphatic carbocycles. The highest BCUT2D eigenvalue weighted by molar-refractivity contribution is 5.87. The van der Waals surface area contributed by atoms with E-state index in [1.165, 1.54) is 16.8 Å². The number of hydrogen-bond donors (Lipinski definition) is 1. The Hall–Kier alpha value is -2.17. The normalized spacial score (nSPS) is 10.5. The van der Waals surface area contributed by atoms with Crippen molar-refractivity contribution in [1.29, 1.82) is 0 Å². The van der Waals surface area contributed by atoms with E-state index in [2.05, 4.69) is 5.10 Å². The van der Waals surface area contributed by atoms with E-state index in [1.807, 2.05) is 0 Å². The number of anilines is 1. The maximum absolute atomic E-state index is 13.5. The lowest BCUT2D eigenvalue weighted by atomic mass is 10.0. The summed E-state index contributed by atoms with van der Waals surface area (Å²) in [5.74, 6) is 0.0904. The van der Waals surface area contributed by atoms with Crippen LogP contribution in [0.4, 0.5) is 10.2 Å². The first kappa shape index (κ1) is 11.3. The van der Waals surface area contributed by atoms with E-state index in [4.69, 9.17) is 5.73 Å². The third-order valence-corrected chi connectivity index (χ3v) is 2.65. The van der Waals surface area contributed by atoms with Gasteiger partial charge in [0.2, 0.25) is 0 Å². The third kappa shape index (κ3) is 1.91. The third-order valence-electron chi connectivity index (χ3n) is 2.65. The molecule has 1 heterocycles. The van der Waals surface area contributed by atoms with Crippen LogP contribution < -0.4 is 5.73 Å². The van der Waals surface area contributed by atoms with Crippen LogP contribution in [0.15, 0.2) is 18.2 Å². The second kappa shape index (κ2) is 4.01. The standard InChI is InChI=1S/C12H12FN3O/c1-7-3-8(6-17)9(4-10(7)13)11-5-12(14)16(2)15-11/h3-6H,14H2,1-2H3. The van der Waals surface area contributed by atoms with E-state index in [9.17, 15) is 9.18 Å². The first-order valence-electron chi connectivity index (χ1n) is 5.08. The van der Waals surface area contributed by atoms with Gasteiger partial charge < -0.3 is 5.73 Å². The van der Waals surface area contributed by atoms with Crippen LogP contribution in [0.2, 0.25) is 0 Å². The number of nitrogens with two attached hydrogens (primary N) is 1. The lowest BCUT2D eigenvalue weighted by Gasteiger charge is -2.04. The Bertz CT molecular complexity index is 570. The summed E-state index contributed by atoms with van der Waals surface area (Å²) in [7, 11) is 1.68. The van der Waals surface area contributed by atoms with Crippen LogP contribution in [0.3, 0.4) is 0 Å². The van der Waals surface area contributed by atoms with E-state index in [0.717, 1.165) is 0 Å². The van der Waals surface area contributed by atoms with Gasteiger partial charge in [0.05, 0.1) is 5.69 Å². The predicted octanol–water partition coefficient (Wildman–Crippen LogP) is 1.93. The highest BCUT2D eigenvalue weighted by atomic mass is 19.1. The van der Waals surface area contributed by atoms with Crippen LogP contribution in [-0.4, -0.2) is 16.1 Å². The molecule has 1 aromatic carbocycles. The van der Waals surface area contributed by atoms with Gasteiger partial charge in [-0.05, 0) is 24.6 Å². The molecule has 17 heavy (non-hydrogen) atoms. The molecular weight excluding hydrogens is 221 g/mol. The Morgan fingerprint density at radius 3 is 2.65 bits per heavy atom. The molecule has 0 atom stereocenters. The van der Waals surface area contributed by atoms with Gasteiger partial charge in [-0.25, -0.2) is 4.39 Å². The Kier molecular flexibility index (Phi) is 2.67. The number of aromatic nitrogens is 2. The maximum atomic E-state index is 13.5. The first-order chi connectivity index (χ1) is 8.02. The van der Waals surface area contributed by atoms with Gasteiger partial charge in [-0.3, -0.25) is 9.48 Å². The molecule has 2 N–H and O–H groups in total. The van der Waals surface area contributed by atoms with Gasteiger partial charge in [0, 0.05) is 24.2 Å². The molecule has 0 saturated heterocycles. The van der Waals surface area contributed by atoms with Crippen molar-refractivity contribution in [2.75, 3.05) is 5.73 Å². The lowest BCUT2D eigenvalue weighted by molar-refractivity contribution is 0.112. The summed E-state index contributed by atoms with van der Waals surface area (Å²) in [6.07, 6.45) is 0.687. The maximum Gasteiger partial charge on any atom is 0.150 e. The molecule has 0 aliphatic heterocycles. The molecule has 0 saturated carbocycles. The van der Waals surface area contributed by atoms with Crippen molar-refractivity contribution in [1.82, 2.24) is 9.78 Å². The zero-order valence-corrected chi connectivity index (χ0v) is 9.57. The molecule has 2 aromatic rings. The molecule has 0 spiro atoms. The van der Waals surface area contributed by atoms with Crippen LogP contribution in [-0.2, 0) is 7.05 Å². The fourth-order valence-electron chi connectivity index (χ4n) is 1.64. The highest BCUT2D eigenvalue weighted by Crippen LogP contribution is 2.25. The minimum Gasteiger partial charge on any atom is -0.384 e. The molecule has 0 amide bonds. The Labute approximate surface area is 97.9 Å². The molecule has 1 aromatic heterocycles. The Morgan fingerprint density at radius 1 is 1.41 bits per heavy atom. The van der Waals surface area contributed by atoms with Gasteiger partial charge in [-0.15, -0.1) is 0 Å². The highest BCUT2D eigenvalue weighted by Gasteiger charge is 2.12. The number of benzene rings is 1. The number of carbonyl (C=O) groups is 1. The molecule has 0 radical (unpaired) electrons. The van der Waals surface area contributed by atoms with E-state index < -0.39 is 0 Å². The number of nitrogens with zero attached hydrogens (tertiary/aromatic N) is 2. The molecule has 0 unspecified atom stereocenters. The number of nitrogen functional groups attached to an aromatic ring is 1. The summed E-state index contributed by atoms with van der Waals surface area (Å²) in [5, 5.41) is 4.13. The summed E-state index contributed by atoms with van der Waals surface area (Å²) in [4.78, 5) is 11.0. The van der Waals surface area contributed by atoms with Crippen molar-refractivity contribution in [2.24, 2.45) is 7.05 Å². The van der Waals surface area contributed by atoms with Gasteiger partial charge >= 0.3 is 0 Å². The van der Waals surface area contributed by atoms with Gasteiger partial charge in [0.1, 0.15) is 11.6 Å². The molecular formula is C12H12FN3O. The summed E-state index contributed by atoms with van der Waals surface area (Å²) in [5.41, 5.74) is 7.44. The number of halogens is 1. The SMILES string of the molecule is Cc1cc(C=O)c(-c2cc(N)n(C)n2)cc1F. The lowest BCUT2D eigenvalue weighted by Crippen LogP contribution is -1.97. The number of aryl methyl sites for hydroxylation is 2. The monoisotopic (exact) mass is 233 g/mol. The van der Waals surface area contributed by atoms with Crippen molar-refractivity contribution in [3.8, 4) is 11.3 Å². The molecule has 5 heteroatoms. The smallest absolute Gasteiger partial charge is 0.150 e. The Balaban J connectivity index is 2.65. The van der Waals surface area contributed by atoms with Crippen molar-refractivity contribution in [2.45, 2.75) is 6.92 Å². The van der Waals surface area contributed by atoms with Crippen LogP contribution in [0.5, 0.6) is 0 Å². The molecule has 0 fully saturated rings. The van der Waals surface area contributed by atoms with Crippen LogP contribution in [0, 0.1) is 12.7 Å². The van der Waals surface area contributed by atoms with Gasteiger partial charge in [0.15, 0.2) is 6.29 Å². The van der Waals surface area contributed by atoms with Crippen LogP contribution in [0.1, 0.15) is 15.9 Å². The van der Waals surface area contributed by atoms with Crippen molar-refractivity contribution >= 4 is 12.1 Å². The molecule has 88 valence electrons. The number of rotatable bonds is 2. The fraction of sp³-hybridized carbons (Fsp3) is 0.167. The van der Waals surface area contributed by atoms with Crippen molar-refractivity contribution < 1.29 is 9.18 Å². The average molecular weight is 233 g/mol. The minimum atomic E-state index is -0.366. The minimum absolute atomic E-state index is 0.366. The van der Waals surface area contributed by atoms with E-state index in [0.29, 0.717) is 34.5 Å². The van der Waals surface area contributed by atoms with E-state index in [1.54, 1.807) is 20.0 Å². The quantitative estimate of drug-likeness (QED) is 0.806. The zero-order valence-electron chi connectivity index (χ0n) is 9.57. The van der Waals surface area contributed by atoms with E-state index >= 15 is 0 Å². The second-order valence-electron chi connectivity index (χ2n) is 3.88. The summed E-state index contributed by atoms with van der Waals surface area (Å²) < 4.78 is 15.0. The molecule has 0 bridgehead atoms. The van der Waals surface area contributed by atoms with Gasteiger partial charge in [-0.1, -0.05) is 0 Å². The number of hydrogen-bond acceptors (Lipinski definition) is 3. The zero-order chi connectivity index (χ0) is 12.6. The largest absolute Gasteiger partial charge is 0.384 e. The Morgan fingerprint density at radius 2 is 2.12 bits per heavy atom. The molecule has 0 aliphatic rings. The van der Waals surface area contributed by atoms with Crippen LogP contribution >= 0.6 is 0 Å². The predicted molar refractivity (Wildman–Crippen MR) is 63.1 cm³/mol. The summed E-state index contributed by atoms with van der Waals surface area (Å²) in [6, 6.07) is 4.42. The fourth-order valence-corrected chi connectivity index (χ4v) is 1.64. The summed E-state index contributed by atoms with van der Waals surface area (Å²) in [6.45, 7) is 1.61.